The molecule has 2 fully saturated rings. The number of rotatable bonds is 5. The Kier molecular flexibility index (Phi) is 5.77. The Balaban J connectivity index is 1.68. The van der Waals surface area contributed by atoms with Crippen LogP contribution in [0.5, 0.6) is 0 Å². The van der Waals surface area contributed by atoms with Crippen LogP contribution in [0.1, 0.15) is 64.0 Å². The summed E-state index contributed by atoms with van der Waals surface area (Å²) in [7, 11) is 0. The normalized spacial score (nSPS) is 26.2. The van der Waals surface area contributed by atoms with Gasteiger partial charge >= 0.3 is 0 Å². The first-order chi connectivity index (χ1) is 12.0. The molecule has 2 aliphatic heterocycles. The molecule has 0 aliphatic carbocycles. The van der Waals surface area contributed by atoms with E-state index >= 15 is 0 Å². The van der Waals surface area contributed by atoms with Crippen molar-refractivity contribution in [1.29, 1.82) is 0 Å². The lowest BCUT2D eigenvalue weighted by Gasteiger charge is -2.40. The molecule has 0 radical (unpaired) electrons. The molecule has 2 saturated heterocycles. The van der Waals surface area contributed by atoms with Gasteiger partial charge in [-0.1, -0.05) is 6.92 Å². The van der Waals surface area contributed by atoms with Gasteiger partial charge < -0.3 is 4.90 Å². The lowest BCUT2D eigenvalue weighted by atomic mass is 9.99. The molecular weight excluding hydrogens is 314 g/mol. The van der Waals surface area contributed by atoms with E-state index in [-0.39, 0.29) is 6.04 Å². The average molecular weight is 348 g/mol. The van der Waals surface area contributed by atoms with Crippen LogP contribution < -0.4 is 0 Å². The number of nitrogens with zero attached hydrogens (tertiary/aromatic N) is 5. The number of likely N-dealkylation sites (tertiary alicyclic amines) is 2. The molecule has 25 heavy (non-hydrogen) atoms. The van der Waals surface area contributed by atoms with Crippen LogP contribution in [0.15, 0.2) is 0 Å². The Morgan fingerprint density at radius 2 is 1.92 bits per heavy atom. The van der Waals surface area contributed by atoms with Gasteiger partial charge in [-0.05, 0) is 65.8 Å². The van der Waals surface area contributed by atoms with Crippen molar-refractivity contribution < 1.29 is 4.79 Å². The summed E-state index contributed by atoms with van der Waals surface area (Å²) in [6, 6.07) is 0.776. The molecule has 0 bridgehead atoms. The van der Waals surface area contributed by atoms with E-state index in [4.69, 9.17) is 0 Å². The van der Waals surface area contributed by atoms with Gasteiger partial charge in [-0.15, -0.1) is 0 Å². The van der Waals surface area contributed by atoms with E-state index in [0.29, 0.717) is 18.0 Å². The Labute approximate surface area is 151 Å². The van der Waals surface area contributed by atoms with Crippen LogP contribution in [0.3, 0.4) is 0 Å². The maximum absolute atomic E-state index is 13.2. The van der Waals surface area contributed by atoms with Crippen LogP contribution in [-0.2, 0) is 11.3 Å². The van der Waals surface area contributed by atoms with Crippen LogP contribution in [0.4, 0.5) is 0 Å². The fourth-order valence-electron chi connectivity index (χ4n) is 4.59. The van der Waals surface area contributed by atoms with Crippen molar-refractivity contribution >= 4 is 5.91 Å². The molecule has 6 heteroatoms. The molecule has 3 rings (SSSR count). The number of hydrogen-bond donors (Lipinski definition) is 0. The second-order valence-electron chi connectivity index (χ2n) is 7.69. The van der Waals surface area contributed by atoms with Crippen molar-refractivity contribution in [3.63, 3.8) is 0 Å². The predicted molar refractivity (Wildman–Crippen MR) is 98.3 cm³/mol. The molecule has 0 aromatic carbocycles. The van der Waals surface area contributed by atoms with Gasteiger partial charge in [-0.2, -0.15) is 5.10 Å². The highest BCUT2D eigenvalue weighted by Crippen LogP contribution is 2.26. The van der Waals surface area contributed by atoms with E-state index in [9.17, 15) is 4.79 Å². The molecule has 2 aliphatic rings. The maximum atomic E-state index is 13.2. The highest BCUT2D eigenvalue weighted by molar-refractivity contribution is 5.82. The van der Waals surface area contributed by atoms with Crippen LogP contribution in [0.2, 0.25) is 0 Å². The van der Waals surface area contributed by atoms with Crippen molar-refractivity contribution in [2.75, 3.05) is 13.1 Å². The second-order valence-corrected chi connectivity index (χ2v) is 7.69. The van der Waals surface area contributed by atoms with Crippen LogP contribution >= 0.6 is 0 Å². The van der Waals surface area contributed by atoms with E-state index in [2.05, 4.69) is 33.7 Å². The summed E-state index contributed by atoms with van der Waals surface area (Å²) in [5, 5.41) is 4.51. The smallest absolute Gasteiger partial charge is 0.239 e. The monoisotopic (exact) mass is 347 g/mol. The van der Waals surface area contributed by atoms with Crippen molar-refractivity contribution in [2.24, 2.45) is 0 Å². The highest BCUT2D eigenvalue weighted by Gasteiger charge is 2.36. The minimum atomic E-state index is -0.0374. The molecule has 1 amide bonds. The number of aromatic nitrogens is 3. The number of carbonyl (C=O) groups is 1. The predicted octanol–water partition coefficient (Wildman–Crippen LogP) is 2.54. The number of amides is 1. The van der Waals surface area contributed by atoms with Crippen LogP contribution in [0.25, 0.3) is 0 Å². The molecule has 0 saturated carbocycles. The number of hydrogen-bond acceptors (Lipinski definition) is 4. The first-order valence-electron chi connectivity index (χ1n) is 9.95. The van der Waals surface area contributed by atoms with Gasteiger partial charge in [-0.25, -0.2) is 9.67 Å². The van der Waals surface area contributed by atoms with E-state index < -0.39 is 0 Å². The SMILES string of the molecule is CCC1CCCCN1C(=O)C(C)N1CCCC1Cn1nc(C)nc1C. The Hall–Kier alpha value is -1.43. The van der Waals surface area contributed by atoms with E-state index in [1.54, 1.807) is 0 Å². The minimum absolute atomic E-state index is 0.0374. The molecule has 0 N–H and O–H groups in total. The van der Waals surface area contributed by atoms with Gasteiger partial charge in [0.15, 0.2) is 0 Å². The summed E-state index contributed by atoms with van der Waals surface area (Å²) < 4.78 is 2.01. The molecule has 0 spiro atoms. The number of aryl methyl sites for hydroxylation is 2. The largest absolute Gasteiger partial charge is 0.338 e. The Morgan fingerprint density at radius 1 is 1.16 bits per heavy atom. The fraction of sp³-hybridized carbons (Fsp3) is 0.842. The van der Waals surface area contributed by atoms with Crippen molar-refractivity contribution in [3.8, 4) is 0 Å². The number of carbonyl (C=O) groups excluding carboxylic acids is 1. The summed E-state index contributed by atoms with van der Waals surface area (Å²) in [6.07, 6.45) is 6.93. The summed E-state index contributed by atoms with van der Waals surface area (Å²) in [5.41, 5.74) is 0. The molecule has 1 aromatic rings. The average Bonchev–Trinajstić information content (AvgIpc) is 3.20. The fourth-order valence-corrected chi connectivity index (χ4v) is 4.59. The quantitative estimate of drug-likeness (QED) is 0.821. The van der Waals surface area contributed by atoms with Crippen molar-refractivity contribution in [1.82, 2.24) is 24.6 Å². The lowest BCUT2D eigenvalue weighted by molar-refractivity contribution is -0.140. The summed E-state index contributed by atoms with van der Waals surface area (Å²) in [5.74, 6) is 2.11. The number of piperidine rings is 1. The summed E-state index contributed by atoms with van der Waals surface area (Å²) >= 11 is 0. The Morgan fingerprint density at radius 3 is 2.60 bits per heavy atom. The second kappa shape index (κ2) is 7.85. The molecule has 3 heterocycles. The molecule has 3 atom stereocenters. The van der Waals surface area contributed by atoms with Crippen LogP contribution in [0, 0.1) is 13.8 Å². The van der Waals surface area contributed by atoms with Gasteiger partial charge in [-0.3, -0.25) is 9.69 Å². The van der Waals surface area contributed by atoms with Gasteiger partial charge in [0, 0.05) is 18.6 Å². The molecular formula is C19H33N5O. The summed E-state index contributed by atoms with van der Waals surface area (Å²) in [4.78, 5) is 22.1. The first kappa shape index (κ1) is 18.4. The topological polar surface area (TPSA) is 54.3 Å². The third kappa shape index (κ3) is 3.89. The Bertz CT molecular complexity index is 599. The third-order valence-corrected chi connectivity index (χ3v) is 6.01. The zero-order valence-electron chi connectivity index (χ0n) is 16.2. The molecule has 6 nitrogen and oxygen atoms in total. The van der Waals surface area contributed by atoms with Crippen molar-refractivity contribution in [3.05, 3.63) is 11.6 Å². The van der Waals surface area contributed by atoms with Crippen molar-refractivity contribution in [2.45, 2.75) is 90.9 Å². The zero-order chi connectivity index (χ0) is 18.0. The van der Waals surface area contributed by atoms with Gasteiger partial charge in [0.05, 0.1) is 12.6 Å². The highest BCUT2D eigenvalue weighted by atomic mass is 16.2. The third-order valence-electron chi connectivity index (χ3n) is 6.01. The van der Waals surface area contributed by atoms with Gasteiger partial charge in [0.25, 0.3) is 0 Å². The maximum Gasteiger partial charge on any atom is 0.239 e. The van der Waals surface area contributed by atoms with E-state index in [0.717, 1.165) is 63.4 Å². The standard InChI is InChI=1S/C19H33N5O/c1-5-17-9-6-7-11-23(17)19(25)14(2)22-12-8-10-18(22)13-24-16(4)20-15(3)21-24/h14,17-18H,5-13H2,1-4H3. The zero-order valence-corrected chi connectivity index (χ0v) is 16.2. The summed E-state index contributed by atoms with van der Waals surface area (Å²) in [6.45, 7) is 11.0. The van der Waals surface area contributed by atoms with Gasteiger partial charge in [0.2, 0.25) is 5.91 Å². The molecule has 1 aromatic heterocycles. The van der Waals surface area contributed by atoms with Gasteiger partial charge in [0.1, 0.15) is 11.6 Å². The first-order valence-corrected chi connectivity index (χ1v) is 9.95. The lowest BCUT2D eigenvalue weighted by Crippen LogP contribution is -2.53. The molecule has 3 unspecified atom stereocenters. The van der Waals surface area contributed by atoms with Crippen LogP contribution in [-0.4, -0.2) is 61.7 Å². The molecule has 140 valence electrons. The van der Waals surface area contributed by atoms with E-state index in [1.165, 1.54) is 6.42 Å². The minimum Gasteiger partial charge on any atom is -0.338 e. The van der Waals surface area contributed by atoms with E-state index in [1.807, 2.05) is 18.5 Å².